The highest BCUT2D eigenvalue weighted by Crippen LogP contribution is 2.19. The van der Waals surface area contributed by atoms with Crippen molar-refractivity contribution < 1.29 is 19.4 Å². The Morgan fingerprint density at radius 3 is 1.31 bits per heavy atom. The Morgan fingerprint density at radius 1 is 0.479 bits per heavy atom. The fourth-order valence-electron chi connectivity index (χ4n) is 5.81. The minimum atomic E-state index is -0.682. The van der Waals surface area contributed by atoms with E-state index in [1.807, 2.05) is 0 Å². The lowest BCUT2D eigenvalue weighted by molar-refractivity contribution is -0.150. The summed E-state index contributed by atoms with van der Waals surface area (Å²) in [5.41, 5.74) is 0. The molecule has 0 radical (unpaired) electrons. The van der Waals surface area contributed by atoms with Gasteiger partial charge in [0.25, 0.3) is 0 Å². The maximum Gasteiger partial charge on any atom is 0.306 e. The van der Waals surface area contributed by atoms with Gasteiger partial charge in [-0.2, -0.15) is 0 Å². The third-order valence-electron chi connectivity index (χ3n) is 8.75. The number of rotatable bonds is 36. The number of ether oxygens (including phenoxy) is 1. The standard InChI is InChI=1S/C44H76O4/c1-3-5-7-9-11-13-14-15-16-17-18-19-20-25-29-33-37-41-44(47)48-42(38-34-30-26-22-12-10-8-6-4-2)39-35-31-27-23-21-24-28-32-36-40-43(45)46/h5,7,11,13,15-16,18-19,25,29,42H,3-4,6,8-10,12,14,17,20-24,26-28,30-41H2,1-2H3,(H,45,46)/b7-5-,13-11-,16-15-,19-18-,29-25-. The molecule has 0 aliphatic rings. The zero-order valence-corrected chi connectivity index (χ0v) is 31.5. The van der Waals surface area contributed by atoms with Crippen molar-refractivity contribution in [1.29, 1.82) is 0 Å². The van der Waals surface area contributed by atoms with Crippen LogP contribution in [0.25, 0.3) is 0 Å². The van der Waals surface area contributed by atoms with Crippen LogP contribution in [0.1, 0.15) is 200 Å². The van der Waals surface area contributed by atoms with Crippen LogP contribution in [0.4, 0.5) is 0 Å². The van der Waals surface area contributed by atoms with Crippen molar-refractivity contribution >= 4 is 11.9 Å². The molecule has 0 saturated heterocycles. The molecule has 276 valence electrons. The molecule has 0 rings (SSSR count). The molecule has 4 nitrogen and oxygen atoms in total. The Balaban J connectivity index is 4.19. The Labute approximate surface area is 297 Å². The Morgan fingerprint density at radius 2 is 0.875 bits per heavy atom. The monoisotopic (exact) mass is 669 g/mol. The van der Waals surface area contributed by atoms with Crippen molar-refractivity contribution in [2.45, 2.75) is 206 Å². The van der Waals surface area contributed by atoms with E-state index >= 15 is 0 Å². The summed E-state index contributed by atoms with van der Waals surface area (Å²) in [6, 6.07) is 0. The summed E-state index contributed by atoms with van der Waals surface area (Å²) in [6.45, 7) is 4.43. The van der Waals surface area contributed by atoms with E-state index in [-0.39, 0.29) is 12.1 Å². The third-order valence-corrected chi connectivity index (χ3v) is 8.75. The van der Waals surface area contributed by atoms with Crippen molar-refractivity contribution in [3.05, 3.63) is 60.8 Å². The van der Waals surface area contributed by atoms with Gasteiger partial charge < -0.3 is 9.84 Å². The van der Waals surface area contributed by atoms with Crippen LogP contribution in [0.5, 0.6) is 0 Å². The zero-order valence-electron chi connectivity index (χ0n) is 31.5. The van der Waals surface area contributed by atoms with Crippen LogP contribution < -0.4 is 0 Å². The van der Waals surface area contributed by atoms with E-state index in [0.29, 0.717) is 12.8 Å². The largest absolute Gasteiger partial charge is 0.481 e. The number of hydrogen-bond acceptors (Lipinski definition) is 3. The summed E-state index contributed by atoms with van der Waals surface area (Å²) < 4.78 is 6.02. The summed E-state index contributed by atoms with van der Waals surface area (Å²) in [5.74, 6) is -0.704. The highest BCUT2D eigenvalue weighted by Gasteiger charge is 2.14. The van der Waals surface area contributed by atoms with Crippen LogP contribution in [0.15, 0.2) is 60.8 Å². The van der Waals surface area contributed by atoms with Crippen LogP contribution in [0.3, 0.4) is 0 Å². The molecule has 1 N–H and O–H groups in total. The molecular formula is C44H76O4. The van der Waals surface area contributed by atoms with E-state index in [0.717, 1.165) is 89.9 Å². The molecule has 0 fully saturated rings. The second-order valence-corrected chi connectivity index (χ2v) is 13.4. The van der Waals surface area contributed by atoms with E-state index in [1.54, 1.807) is 0 Å². The minimum absolute atomic E-state index is 0.0221. The molecule has 0 aromatic heterocycles. The summed E-state index contributed by atoms with van der Waals surface area (Å²) in [6.07, 6.45) is 53.9. The molecule has 0 amide bonds. The lowest BCUT2D eigenvalue weighted by Crippen LogP contribution is -2.18. The van der Waals surface area contributed by atoms with E-state index in [9.17, 15) is 9.59 Å². The quantitative estimate of drug-likeness (QED) is 0.0410. The number of carbonyl (C=O) groups excluding carboxylic acids is 1. The van der Waals surface area contributed by atoms with Gasteiger partial charge >= 0.3 is 11.9 Å². The second-order valence-electron chi connectivity index (χ2n) is 13.4. The Bertz CT molecular complexity index is 850. The minimum Gasteiger partial charge on any atom is -0.481 e. The predicted molar refractivity (Wildman–Crippen MR) is 208 cm³/mol. The summed E-state index contributed by atoms with van der Waals surface area (Å²) in [4.78, 5) is 23.3. The van der Waals surface area contributed by atoms with Crippen LogP contribution in [-0.4, -0.2) is 23.1 Å². The second kappa shape index (κ2) is 39.1. The number of esters is 1. The maximum absolute atomic E-state index is 12.7. The average molecular weight is 669 g/mol. The molecule has 4 heteroatoms. The lowest BCUT2D eigenvalue weighted by Gasteiger charge is -2.18. The number of carbonyl (C=O) groups is 2. The van der Waals surface area contributed by atoms with E-state index in [4.69, 9.17) is 9.84 Å². The SMILES string of the molecule is CC/C=C\C/C=C\C/C=C\C/C=C\C/C=C\CCCC(=O)OC(CCCCCCCCCCC)CCCCCCCCCCCC(=O)O. The number of aliphatic carboxylic acids is 1. The van der Waals surface area contributed by atoms with Gasteiger partial charge in [0.1, 0.15) is 6.10 Å². The van der Waals surface area contributed by atoms with Gasteiger partial charge in [-0.1, -0.05) is 171 Å². The molecule has 0 aromatic rings. The van der Waals surface area contributed by atoms with Crippen LogP contribution in [0.2, 0.25) is 0 Å². The van der Waals surface area contributed by atoms with Gasteiger partial charge in [0, 0.05) is 12.8 Å². The van der Waals surface area contributed by atoms with Crippen molar-refractivity contribution in [3.8, 4) is 0 Å². The van der Waals surface area contributed by atoms with Gasteiger partial charge in [-0.25, -0.2) is 0 Å². The molecule has 0 heterocycles. The van der Waals surface area contributed by atoms with Gasteiger partial charge in [-0.05, 0) is 77.0 Å². The molecule has 1 unspecified atom stereocenters. The van der Waals surface area contributed by atoms with E-state index < -0.39 is 5.97 Å². The first-order chi connectivity index (χ1) is 23.6. The number of allylic oxidation sites excluding steroid dienone is 10. The van der Waals surface area contributed by atoms with Crippen molar-refractivity contribution in [1.82, 2.24) is 0 Å². The maximum atomic E-state index is 12.7. The highest BCUT2D eigenvalue weighted by atomic mass is 16.5. The van der Waals surface area contributed by atoms with Crippen molar-refractivity contribution in [2.75, 3.05) is 0 Å². The molecule has 0 saturated carbocycles. The number of carboxylic acid groups (broad SMARTS) is 1. The Hall–Kier alpha value is -2.36. The van der Waals surface area contributed by atoms with E-state index in [2.05, 4.69) is 74.6 Å². The third kappa shape index (κ3) is 38.1. The molecule has 0 spiro atoms. The first-order valence-electron chi connectivity index (χ1n) is 20.3. The van der Waals surface area contributed by atoms with Gasteiger partial charge in [-0.3, -0.25) is 9.59 Å². The number of carboxylic acids is 1. The summed E-state index contributed by atoms with van der Waals surface area (Å²) >= 11 is 0. The van der Waals surface area contributed by atoms with Gasteiger partial charge in [0.15, 0.2) is 0 Å². The summed E-state index contributed by atoms with van der Waals surface area (Å²) in [5, 5.41) is 8.74. The fourth-order valence-corrected chi connectivity index (χ4v) is 5.81. The zero-order chi connectivity index (χ0) is 35.0. The summed E-state index contributed by atoms with van der Waals surface area (Å²) in [7, 11) is 0. The molecule has 0 aromatic carbocycles. The molecule has 0 aliphatic carbocycles. The first kappa shape index (κ1) is 45.6. The molecule has 0 aliphatic heterocycles. The highest BCUT2D eigenvalue weighted by molar-refractivity contribution is 5.69. The Kier molecular flexibility index (Phi) is 37.2. The van der Waals surface area contributed by atoms with Crippen molar-refractivity contribution in [3.63, 3.8) is 0 Å². The average Bonchev–Trinajstić information content (AvgIpc) is 3.07. The normalized spacial score (nSPS) is 12.9. The first-order valence-corrected chi connectivity index (χ1v) is 20.3. The van der Waals surface area contributed by atoms with Gasteiger partial charge in [0.2, 0.25) is 0 Å². The molecule has 48 heavy (non-hydrogen) atoms. The predicted octanol–water partition coefficient (Wildman–Crippen LogP) is 14.1. The molecule has 0 bridgehead atoms. The molecule has 1 atom stereocenters. The van der Waals surface area contributed by atoms with Crippen LogP contribution in [0, 0.1) is 0 Å². The van der Waals surface area contributed by atoms with Crippen LogP contribution in [-0.2, 0) is 14.3 Å². The smallest absolute Gasteiger partial charge is 0.306 e. The lowest BCUT2D eigenvalue weighted by atomic mass is 10.0. The fraction of sp³-hybridized carbons (Fsp3) is 0.727. The molecular weight excluding hydrogens is 592 g/mol. The van der Waals surface area contributed by atoms with E-state index in [1.165, 1.54) is 83.5 Å². The topological polar surface area (TPSA) is 63.6 Å². The van der Waals surface area contributed by atoms with Gasteiger partial charge in [-0.15, -0.1) is 0 Å². The van der Waals surface area contributed by atoms with Gasteiger partial charge in [0.05, 0.1) is 0 Å². The number of unbranched alkanes of at least 4 members (excludes halogenated alkanes) is 17. The van der Waals surface area contributed by atoms with Crippen LogP contribution >= 0.6 is 0 Å². The number of hydrogen-bond donors (Lipinski definition) is 1. The van der Waals surface area contributed by atoms with Crippen molar-refractivity contribution in [2.24, 2.45) is 0 Å².